The average molecular weight is 352 g/mol. The van der Waals surface area contributed by atoms with Gasteiger partial charge in [0.2, 0.25) is 0 Å². The summed E-state index contributed by atoms with van der Waals surface area (Å²) in [5.74, 6) is 0.179. The summed E-state index contributed by atoms with van der Waals surface area (Å²) in [7, 11) is 3.93. The van der Waals surface area contributed by atoms with E-state index in [1.165, 1.54) is 6.20 Å². The van der Waals surface area contributed by atoms with Crippen LogP contribution in [0.2, 0.25) is 0 Å². The van der Waals surface area contributed by atoms with Crippen LogP contribution < -0.4 is 10.6 Å². The number of halogens is 3. The van der Waals surface area contributed by atoms with Gasteiger partial charge in [0.25, 0.3) is 5.91 Å². The fourth-order valence-corrected chi connectivity index (χ4v) is 1.99. The molecule has 25 heavy (non-hydrogen) atoms. The van der Waals surface area contributed by atoms with Crippen LogP contribution in [-0.4, -0.2) is 43.0 Å². The highest BCUT2D eigenvalue weighted by Gasteiger charge is 2.30. The summed E-state index contributed by atoms with van der Waals surface area (Å²) in [5, 5.41) is 5.74. The summed E-state index contributed by atoms with van der Waals surface area (Å²) in [6.45, 7) is 1.59. The van der Waals surface area contributed by atoms with Crippen LogP contribution in [0.1, 0.15) is 15.9 Å². The van der Waals surface area contributed by atoms with Crippen LogP contribution >= 0.6 is 0 Å². The number of benzene rings is 1. The van der Waals surface area contributed by atoms with Gasteiger partial charge in [0.05, 0.1) is 17.4 Å². The predicted molar refractivity (Wildman–Crippen MR) is 90.7 cm³/mol. The van der Waals surface area contributed by atoms with Gasteiger partial charge in [-0.1, -0.05) is 0 Å². The van der Waals surface area contributed by atoms with E-state index in [9.17, 15) is 18.0 Å². The topological polar surface area (TPSA) is 57.3 Å². The van der Waals surface area contributed by atoms with Gasteiger partial charge in [0.15, 0.2) is 0 Å². The van der Waals surface area contributed by atoms with Crippen molar-refractivity contribution in [1.29, 1.82) is 0 Å². The Morgan fingerprint density at radius 3 is 2.32 bits per heavy atom. The van der Waals surface area contributed by atoms with E-state index in [0.29, 0.717) is 11.5 Å². The molecule has 5 nitrogen and oxygen atoms in total. The fraction of sp³-hybridized carbons (Fsp3) is 0.294. The van der Waals surface area contributed by atoms with Gasteiger partial charge in [0.1, 0.15) is 5.82 Å². The van der Waals surface area contributed by atoms with E-state index in [1.54, 1.807) is 12.1 Å². The van der Waals surface area contributed by atoms with E-state index < -0.39 is 17.6 Å². The standard InChI is InChI=1S/C17H19F3N4O/c1-24(2)10-9-21-15-8-7-14(11-22-15)23-16(25)12-3-5-13(6-4-12)17(18,19)20/h3-8,11H,9-10H2,1-2H3,(H,21,22)(H,23,25). The van der Waals surface area contributed by atoms with Crippen molar-refractivity contribution in [1.82, 2.24) is 9.88 Å². The zero-order chi connectivity index (χ0) is 18.4. The lowest BCUT2D eigenvalue weighted by Crippen LogP contribution is -2.21. The molecule has 8 heteroatoms. The normalized spacial score (nSPS) is 11.4. The Hall–Kier alpha value is -2.61. The van der Waals surface area contributed by atoms with E-state index in [4.69, 9.17) is 0 Å². The minimum atomic E-state index is -4.42. The lowest BCUT2D eigenvalue weighted by Gasteiger charge is -2.11. The largest absolute Gasteiger partial charge is 0.416 e. The van der Waals surface area contributed by atoms with Crippen molar-refractivity contribution in [2.45, 2.75) is 6.18 Å². The number of carbonyl (C=O) groups excluding carboxylic acids is 1. The molecule has 0 aliphatic heterocycles. The number of rotatable bonds is 6. The van der Waals surface area contributed by atoms with Crippen molar-refractivity contribution in [2.75, 3.05) is 37.8 Å². The molecule has 1 aromatic carbocycles. The van der Waals surface area contributed by atoms with Crippen molar-refractivity contribution in [3.63, 3.8) is 0 Å². The first kappa shape index (κ1) is 18.7. The van der Waals surface area contributed by atoms with Gasteiger partial charge in [-0.2, -0.15) is 13.2 Å². The number of nitrogens with one attached hydrogen (secondary N) is 2. The van der Waals surface area contributed by atoms with Crippen LogP contribution in [0, 0.1) is 0 Å². The molecule has 0 aliphatic carbocycles. The van der Waals surface area contributed by atoms with Gasteiger partial charge < -0.3 is 15.5 Å². The number of aromatic nitrogens is 1. The average Bonchev–Trinajstić information content (AvgIpc) is 2.55. The van der Waals surface area contributed by atoms with E-state index in [-0.39, 0.29) is 5.56 Å². The molecule has 0 saturated carbocycles. The van der Waals surface area contributed by atoms with Crippen molar-refractivity contribution in [3.8, 4) is 0 Å². The Morgan fingerprint density at radius 2 is 1.80 bits per heavy atom. The Balaban J connectivity index is 1.94. The molecular formula is C17H19F3N4O. The summed E-state index contributed by atoms with van der Waals surface area (Å²) < 4.78 is 37.6. The number of hydrogen-bond acceptors (Lipinski definition) is 4. The Morgan fingerprint density at radius 1 is 1.12 bits per heavy atom. The minimum Gasteiger partial charge on any atom is -0.369 e. The summed E-state index contributed by atoms with van der Waals surface area (Å²) in [6.07, 6.45) is -2.94. The van der Waals surface area contributed by atoms with Crippen LogP contribution in [0.4, 0.5) is 24.7 Å². The Kier molecular flexibility index (Phi) is 5.97. The number of anilines is 2. The first-order chi connectivity index (χ1) is 11.8. The molecule has 0 aliphatic rings. The molecule has 0 bridgehead atoms. The minimum absolute atomic E-state index is 0.140. The summed E-state index contributed by atoms with van der Waals surface area (Å²) in [6, 6.07) is 7.44. The van der Waals surface area contributed by atoms with Gasteiger partial charge in [-0.15, -0.1) is 0 Å². The second-order valence-electron chi connectivity index (χ2n) is 5.69. The maximum atomic E-state index is 12.5. The van der Waals surface area contributed by atoms with Crippen molar-refractivity contribution in [3.05, 3.63) is 53.7 Å². The van der Waals surface area contributed by atoms with Crippen LogP contribution in [0.3, 0.4) is 0 Å². The smallest absolute Gasteiger partial charge is 0.369 e. The quantitative estimate of drug-likeness (QED) is 0.837. The number of nitrogens with zero attached hydrogens (tertiary/aromatic N) is 2. The SMILES string of the molecule is CN(C)CCNc1ccc(NC(=O)c2ccc(C(F)(F)F)cc2)cn1. The third-order valence-electron chi connectivity index (χ3n) is 3.36. The second kappa shape index (κ2) is 7.98. The maximum absolute atomic E-state index is 12.5. The molecule has 134 valence electrons. The monoisotopic (exact) mass is 352 g/mol. The lowest BCUT2D eigenvalue weighted by molar-refractivity contribution is -0.137. The van der Waals surface area contributed by atoms with Crippen molar-refractivity contribution >= 4 is 17.4 Å². The van der Waals surface area contributed by atoms with Crippen molar-refractivity contribution < 1.29 is 18.0 Å². The molecule has 2 rings (SSSR count). The zero-order valence-corrected chi connectivity index (χ0v) is 13.9. The molecule has 0 unspecified atom stereocenters. The molecule has 2 N–H and O–H groups in total. The highest BCUT2D eigenvalue weighted by molar-refractivity contribution is 6.04. The fourth-order valence-electron chi connectivity index (χ4n) is 1.99. The Bertz CT molecular complexity index is 697. The van der Waals surface area contributed by atoms with Crippen molar-refractivity contribution in [2.24, 2.45) is 0 Å². The van der Waals surface area contributed by atoms with E-state index in [1.807, 2.05) is 19.0 Å². The molecule has 0 atom stereocenters. The highest BCUT2D eigenvalue weighted by atomic mass is 19.4. The predicted octanol–water partition coefficient (Wildman–Crippen LogP) is 3.33. The number of alkyl halides is 3. The molecule has 1 amide bonds. The Labute approximate surface area is 143 Å². The number of hydrogen-bond donors (Lipinski definition) is 2. The molecule has 0 saturated heterocycles. The van der Waals surface area contributed by atoms with Crippen LogP contribution in [0.15, 0.2) is 42.6 Å². The molecule has 1 aromatic heterocycles. The number of likely N-dealkylation sites (N-methyl/N-ethyl adjacent to an activating group) is 1. The molecule has 1 heterocycles. The second-order valence-corrected chi connectivity index (χ2v) is 5.69. The van der Waals surface area contributed by atoms with Gasteiger partial charge in [0, 0.05) is 18.7 Å². The van der Waals surface area contributed by atoms with E-state index in [0.717, 1.165) is 37.4 Å². The maximum Gasteiger partial charge on any atom is 0.416 e. The first-order valence-electron chi connectivity index (χ1n) is 7.59. The first-order valence-corrected chi connectivity index (χ1v) is 7.59. The molecule has 2 aromatic rings. The van der Waals surface area contributed by atoms with Gasteiger partial charge >= 0.3 is 6.18 Å². The van der Waals surface area contributed by atoms with Gasteiger partial charge in [-0.25, -0.2) is 4.98 Å². The lowest BCUT2D eigenvalue weighted by atomic mass is 10.1. The third kappa shape index (κ3) is 5.75. The molecule has 0 fully saturated rings. The number of pyridine rings is 1. The molecule has 0 spiro atoms. The number of carbonyl (C=O) groups is 1. The third-order valence-corrected chi connectivity index (χ3v) is 3.36. The van der Waals surface area contributed by atoms with Crippen LogP contribution in [-0.2, 0) is 6.18 Å². The summed E-state index contributed by atoms with van der Waals surface area (Å²) >= 11 is 0. The zero-order valence-electron chi connectivity index (χ0n) is 13.9. The molecule has 0 radical (unpaired) electrons. The summed E-state index contributed by atoms with van der Waals surface area (Å²) in [4.78, 5) is 18.3. The molecular weight excluding hydrogens is 333 g/mol. The van der Waals surface area contributed by atoms with Gasteiger partial charge in [-0.05, 0) is 50.5 Å². The number of amides is 1. The van der Waals surface area contributed by atoms with Crippen LogP contribution in [0.25, 0.3) is 0 Å². The summed E-state index contributed by atoms with van der Waals surface area (Å²) in [5.41, 5.74) is -0.192. The van der Waals surface area contributed by atoms with Gasteiger partial charge in [-0.3, -0.25) is 4.79 Å². The highest BCUT2D eigenvalue weighted by Crippen LogP contribution is 2.29. The van der Waals surface area contributed by atoms with E-state index >= 15 is 0 Å². The van der Waals surface area contributed by atoms with Crippen LogP contribution in [0.5, 0.6) is 0 Å². The van der Waals surface area contributed by atoms with E-state index in [2.05, 4.69) is 15.6 Å².